The van der Waals surface area contributed by atoms with Crippen molar-refractivity contribution >= 4 is 21.9 Å². The van der Waals surface area contributed by atoms with Crippen molar-refractivity contribution < 1.29 is 27.1 Å². The molecule has 1 amide bonds. The van der Waals surface area contributed by atoms with Gasteiger partial charge in [-0.3, -0.25) is 10.1 Å². The molecule has 0 fully saturated rings. The van der Waals surface area contributed by atoms with Crippen molar-refractivity contribution in [2.24, 2.45) is 0 Å². The van der Waals surface area contributed by atoms with Crippen molar-refractivity contribution in [2.45, 2.75) is 18.7 Å². The number of rotatable bonds is 9. The van der Waals surface area contributed by atoms with Crippen LogP contribution in [-0.4, -0.2) is 56.1 Å². The Labute approximate surface area is 186 Å². The number of sulfonamides is 1. The number of ether oxygens (including phenoxy) is 2. The smallest absolute Gasteiger partial charge is 0.322 e. The summed E-state index contributed by atoms with van der Waals surface area (Å²) in [6.07, 6.45) is 0. The van der Waals surface area contributed by atoms with Crippen LogP contribution >= 0.6 is 0 Å². The first-order valence-electron chi connectivity index (χ1n) is 9.83. The Hall–Kier alpha value is -3.44. The summed E-state index contributed by atoms with van der Waals surface area (Å²) >= 11 is 0. The molecular weight excluding hydrogens is 436 g/mol. The van der Waals surface area contributed by atoms with Gasteiger partial charge in [-0.05, 0) is 56.3 Å². The Balaban J connectivity index is 1.75. The number of anilines is 1. The van der Waals surface area contributed by atoms with E-state index in [-0.39, 0.29) is 16.8 Å². The highest BCUT2D eigenvalue weighted by atomic mass is 32.2. The predicted molar refractivity (Wildman–Crippen MR) is 117 cm³/mol. The Morgan fingerprint density at radius 3 is 2.28 bits per heavy atom. The van der Waals surface area contributed by atoms with Crippen molar-refractivity contribution in [2.75, 3.05) is 32.6 Å². The summed E-state index contributed by atoms with van der Waals surface area (Å²) in [5.41, 5.74) is 0.838. The van der Waals surface area contributed by atoms with Crippen LogP contribution in [0.15, 0.2) is 51.8 Å². The molecule has 0 saturated heterocycles. The summed E-state index contributed by atoms with van der Waals surface area (Å²) in [6, 6.07) is 10.7. The molecule has 32 heavy (non-hydrogen) atoms. The van der Waals surface area contributed by atoms with Crippen LogP contribution in [0, 0.1) is 0 Å². The lowest BCUT2D eigenvalue weighted by molar-refractivity contribution is 0.102. The molecule has 0 aliphatic heterocycles. The fourth-order valence-corrected chi connectivity index (χ4v) is 3.63. The monoisotopic (exact) mass is 460 g/mol. The molecule has 1 N–H and O–H groups in total. The van der Waals surface area contributed by atoms with Gasteiger partial charge >= 0.3 is 6.01 Å². The molecule has 0 atom stereocenters. The van der Waals surface area contributed by atoms with Crippen molar-refractivity contribution in [3.63, 3.8) is 0 Å². The fraction of sp³-hybridized carbons (Fsp3) is 0.286. The molecule has 0 saturated carbocycles. The van der Waals surface area contributed by atoms with E-state index in [9.17, 15) is 13.2 Å². The summed E-state index contributed by atoms with van der Waals surface area (Å²) in [4.78, 5) is 12.7. The third-order valence-electron chi connectivity index (χ3n) is 4.33. The number of aromatic nitrogens is 2. The molecule has 0 aliphatic rings. The minimum atomic E-state index is -3.54. The molecule has 3 aromatic rings. The standard InChI is InChI=1S/C21H24N4O6S/c1-5-29-17-12-9-15(13-18(17)30-6-2)19(26)22-21-24-23-20(31-21)14-7-10-16(11-8-14)32(27,28)25(3)4/h7-13H,5-6H2,1-4H3,(H,22,24,26). The number of amides is 1. The van der Waals surface area contributed by atoms with Crippen LogP contribution in [0.4, 0.5) is 6.01 Å². The predicted octanol–water partition coefficient (Wildman–Crippen LogP) is 3.04. The zero-order valence-corrected chi connectivity index (χ0v) is 19.0. The molecule has 3 rings (SSSR count). The van der Waals surface area contributed by atoms with Crippen LogP contribution in [0.5, 0.6) is 11.5 Å². The summed E-state index contributed by atoms with van der Waals surface area (Å²) < 4.78 is 42.0. The van der Waals surface area contributed by atoms with Crippen molar-refractivity contribution in [1.82, 2.24) is 14.5 Å². The minimum Gasteiger partial charge on any atom is -0.490 e. The van der Waals surface area contributed by atoms with Crippen LogP contribution in [0.3, 0.4) is 0 Å². The van der Waals surface area contributed by atoms with E-state index in [4.69, 9.17) is 13.9 Å². The number of benzene rings is 2. The summed E-state index contributed by atoms with van der Waals surface area (Å²) in [5.74, 6) is 0.680. The van der Waals surface area contributed by atoms with E-state index in [1.165, 1.54) is 26.2 Å². The topological polar surface area (TPSA) is 124 Å². The number of hydrogen-bond donors (Lipinski definition) is 1. The molecular formula is C21H24N4O6S. The molecule has 0 unspecified atom stereocenters. The molecule has 10 nitrogen and oxygen atoms in total. The van der Waals surface area contributed by atoms with Crippen LogP contribution in [0.1, 0.15) is 24.2 Å². The molecule has 1 aromatic heterocycles. The van der Waals surface area contributed by atoms with Crippen molar-refractivity contribution in [1.29, 1.82) is 0 Å². The molecule has 170 valence electrons. The van der Waals surface area contributed by atoms with Crippen LogP contribution in [0.2, 0.25) is 0 Å². The minimum absolute atomic E-state index is 0.0955. The van der Waals surface area contributed by atoms with Crippen LogP contribution in [-0.2, 0) is 10.0 Å². The lowest BCUT2D eigenvalue weighted by Gasteiger charge is -2.11. The van der Waals surface area contributed by atoms with Gasteiger partial charge in [0.05, 0.1) is 18.1 Å². The van der Waals surface area contributed by atoms with Gasteiger partial charge in [0.15, 0.2) is 11.5 Å². The van der Waals surface area contributed by atoms with E-state index >= 15 is 0 Å². The van der Waals surface area contributed by atoms with Gasteiger partial charge in [-0.1, -0.05) is 5.10 Å². The van der Waals surface area contributed by atoms with Gasteiger partial charge in [-0.25, -0.2) is 12.7 Å². The van der Waals surface area contributed by atoms with Crippen LogP contribution in [0.25, 0.3) is 11.5 Å². The lowest BCUT2D eigenvalue weighted by atomic mass is 10.2. The molecule has 2 aromatic carbocycles. The number of hydrogen-bond acceptors (Lipinski definition) is 8. The maximum Gasteiger partial charge on any atom is 0.322 e. The van der Waals surface area contributed by atoms with E-state index in [1.807, 2.05) is 13.8 Å². The van der Waals surface area contributed by atoms with Gasteiger partial charge in [0.2, 0.25) is 15.9 Å². The van der Waals surface area contributed by atoms with Gasteiger partial charge in [-0.2, -0.15) is 0 Å². The van der Waals surface area contributed by atoms with E-state index in [2.05, 4.69) is 15.5 Å². The molecule has 0 radical (unpaired) electrons. The molecule has 0 spiro atoms. The van der Waals surface area contributed by atoms with E-state index < -0.39 is 15.9 Å². The highest BCUT2D eigenvalue weighted by Gasteiger charge is 2.19. The fourth-order valence-electron chi connectivity index (χ4n) is 2.73. The number of nitrogens with one attached hydrogen (secondary N) is 1. The van der Waals surface area contributed by atoms with Crippen molar-refractivity contribution in [3.05, 3.63) is 48.0 Å². The largest absolute Gasteiger partial charge is 0.490 e. The second kappa shape index (κ2) is 9.79. The summed E-state index contributed by atoms with van der Waals surface area (Å²) in [5, 5.41) is 10.3. The first-order chi connectivity index (χ1) is 15.3. The molecule has 0 aliphatic carbocycles. The quantitative estimate of drug-likeness (QED) is 0.517. The third kappa shape index (κ3) is 5.06. The average molecular weight is 461 g/mol. The maximum atomic E-state index is 12.6. The number of nitrogens with zero attached hydrogens (tertiary/aromatic N) is 3. The normalized spacial score (nSPS) is 11.4. The van der Waals surface area contributed by atoms with Crippen LogP contribution < -0.4 is 14.8 Å². The number of carbonyl (C=O) groups excluding carboxylic acids is 1. The van der Waals surface area contributed by atoms with Crippen molar-refractivity contribution in [3.8, 4) is 23.0 Å². The Bertz CT molecular complexity index is 1190. The van der Waals surface area contributed by atoms with Gasteiger partial charge < -0.3 is 13.9 Å². The molecule has 0 bridgehead atoms. The van der Waals surface area contributed by atoms with Gasteiger partial charge in [0.1, 0.15) is 0 Å². The molecule has 1 heterocycles. The van der Waals surface area contributed by atoms with E-state index in [0.717, 1.165) is 4.31 Å². The summed E-state index contributed by atoms with van der Waals surface area (Å²) in [7, 11) is -0.629. The van der Waals surface area contributed by atoms with E-state index in [0.29, 0.717) is 35.8 Å². The van der Waals surface area contributed by atoms with E-state index in [1.54, 1.807) is 30.3 Å². The SMILES string of the molecule is CCOc1ccc(C(=O)Nc2nnc(-c3ccc(S(=O)(=O)N(C)C)cc3)o2)cc1OCC. The maximum absolute atomic E-state index is 12.6. The third-order valence-corrected chi connectivity index (χ3v) is 6.16. The zero-order valence-electron chi connectivity index (χ0n) is 18.2. The second-order valence-electron chi connectivity index (χ2n) is 6.71. The Morgan fingerprint density at radius 2 is 1.66 bits per heavy atom. The average Bonchev–Trinajstić information content (AvgIpc) is 3.23. The Morgan fingerprint density at radius 1 is 1.00 bits per heavy atom. The highest BCUT2D eigenvalue weighted by molar-refractivity contribution is 7.89. The first-order valence-corrected chi connectivity index (χ1v) is 11.3. The lowest BCUT2D eigenvalue weighted by Crippen LogP contribution is -2.22. The number of carbonyl (C=O) groups is 1. The molecule has 11 heteroatoms. The van der Waals surface area contributed by atoms with Gasteiger partial charge in [0.25, 0.3) is 5.91 Å². The highest BCUT2D eigenvalue weighted by Crippen LogP contribution is 2.29. The summed E-state index contributed by atoms with van der Waals surface area (Å²) in [6.45, 7) is 4.59. The van der Waals surface area contributed by atoms with Gasteiger partial charge in [-0.15, -0.1) is 5.10 Å². The van der Waals surface area contributed by atoms with Gasteiger partial charge in [0, 0.05) is 25.2 Å². The second-order valence-corrected chi connectivity index (χ2v) is 8.86. The zero-order chi connectivity index (χ0) is 23.3. The Kier molecular flexibility index (Phi) is 7.11. The first kappa shape index (κ1) is 23.2.